The molecule has 0 fully saturated rings. The Morgan fingerprint density at radius 3 is 1.66 bits per heavy atom. The van der Waals surface area contributed by atoms with Crippen LogP contribution in [0, 0.1) is 0 Å². The van der Waals surface area contributed by atoms with Gasteiger partial charge in [0.05, 0.1) is 35.1 Å². The summed E-state index contributed by atoms with van der Waals surface area (Å²) in [6.45, 7) is 0.194. The number of aliphatic hydroxyl groups excluding tert-OH is 2. The fourth-order valence-corrected chi connectivity index (χ4v) is 2.37. The molecule has 0 aliphatic heterocycles. The van der Waals surface area contributed by atoms with Gasteiger partial charge in [0, 0.05) is 13.2 Å². The third-order valence-electron chi connectivity index (χ3n) is 3.54. The van der Waals surface area contributed by atoms with E-state index in [2.05, 4.69) is 21.3 Å². The van der Waals surface area contributed by atoms with Crippen LogP contribution in [0.25, 0.3) is 0 Å². The largest absolute Gasteiger partial charge is 0.416 e. The maximum absolute atomic E-state index is 13.2. The number of nitrogens with one attached hydrogen (secondary N) is 4. The van der Waals surface area contributed by atoms with Crippen LogP contribution < -0.4 is 21.3 Å². The second kappa shape index (κ2) is 12.6. The van der Waals surface area contributed by atoms with Gasteiger partial charge < -0.3 is 31.5 Å². The molecule has 29 heavy (non-hydrogen) atoms. The molecule has 164 valence electrons. The Morgan fingerprint density at radius 1 is 0.897 bits per heavy atom. The second-order valence-electron chi connectivity index (χ2n) is 5.99. The summed E-state index contributed by atoms with van der Waals surface area (Å²) in [5.41, 5.74) is -1.67. The van der Waals surface area contributed by atoms with Crippen molar-refractivity contribution in [3.8, 4) is 0 Å². The predicted molar refractivity (Wildman–Crippen MR) is 103 cm³/mol. The molecular weight excluding hydrogens is 417 g/mol. The Hall–Kier alpha value is -1.92. The predicted octanol–water partition coefficient (Wildman–Crippen LogP) is 1.18. The summed E-state index contributed by atoms with van der Waals surface area (Å²) >= 11 is 6.08. The monoisotopic (exact) mass is 440 g/mol. The Bertz CT molecular complexity index is 642. The molecule has 0 aliphatic rings. The second-order valence-corrected chi connectivity index (χ2v) is 6.37. The van der Waals surface area contributed by atoms with E-state index in [1.165, 1.54) is 0 Å². The highest BCUT2D eigenvalue weighted by atomic mass is 35.5. The van der Waals surface area contributed by atoms with Gasteiger partial charge in [0.1, 0.15) is 0 Å². The first-order chi connectivity index (χ1) is 13.7. The van der Waals surface area contributed by atoms with Crippen LogP contribution in [0.4, 0.5) is 24.5 Å². The van der Waals surface area contributed by atoms with E-state index in [1.807, 2.05) is 0 Å². The molecule has 1 aromatic carbocycles. The number of carbonyl (C=O) groups excluding carboxylic acids is 2. The van der Waals surface area contributed by atoms with Crippen LogP contribution in [-0.4, -0.2) is 61.4 Å². The van der Waals surface area contributed by atoms with Crippen LogP contribution >= 0.6 is 11.6 Å². The smallest absolute Gasteiger partial charge is 0.396 e. The van der Waals surface area contributed by atoms with Crippen LogP contribution in [-0.2, 0) is 15.8 Å². The molecule has 1 rings (SSSR count). The Labute approximate surface area is 170 Å². The van der Waals surface area contributed by atoms with Crippen molar-refractivity contribution in [2.45, 2.75) is 19.0 Å². The number of amides is 2. The van der Waals surface area contributed by atoms with Crippen molar-refractivity contribution >= 4 is 34.8 Å². The number of halogens is 4. The van der Waals surface area contributed by atoms with E-state index in [0.717, 1.165) is 0 Å². The molecule has 0 radical (unpaired) electrons. The van der Waals surface area contributed by atoms with Crippen molar-refractivity contribution in [2.24, 2.45) is 0 Å². The number of benzene rings is 1. The maximum atomic E-state index is 13.2. The molecule has 6 N–H and O–H groups in total. The lowest BCUT2D eigenvalue weighted by atomic mass is 10.1. The van der Waals surface area contributed by atoms with Gasteiger partial charge in [-0.15, -0.1) is 0 Å². The molecule has 12 heteroatoms. The first kappa shape index (κ1) is 25.1. The first-order valence-electron chi connectivity index (χ1n) is 8.82. The van der Waals surface area contributed by atoms with Crippen molar-refractivity contribution in [3.05, 3.63) is 22.7 Å². The Morgan fingerprint density at radius 2 is 1.31 bits per heavy atom. The maximum Gasteiger partial charge on any atom is 0.416 e. The van der Waals surface area contributed by atoms with Crippen molar-refractivity contribution in [2.75, 3.05) is 50.0 Å². The van der Waals surface area contributed by atoms with E-state index in [-0.39, 0.29) is 42.7 Å². The average molecular weight is 441 g/mol. The van der Waals surface area contributed by atoms with Gasteiger partial charge in [-0.05, 0) is 38.1 Å². The summed E-state index contributed by atoms with van der Waals surface area (Å²) in [6.07, 6.45) is -3.89. The van der Waals surface area contributed by atoms with Crippen LogP contribution in [0.2, 0.25) is 5.02 Å². The summed E-state index contributed by atoms with van der Waals surface area (Å²) in [5, 5.41) is 27.1. The van der Waals surface area contributed by atoms with E-state index >= 15 is 0 Å². The summed E-state index contributed by atoms with van der Waals surface area (Å²) in [5.74, 6) is -1.26. The van der Waals surface area contributed by atoms with Crippen LogP contribution in [0.15, 0.2) is 12.1 Å². The van der Waals surface area contributed by atoms with Crippen molar-refractivity contribution in [3.63, 3.8) is 0 Å². The molecule has 0 spiro atoms. The molecular formula is C17H24ClF3N4O4. The highest BCUT2D eigenvalue weighted by Crippen LogP contribution is 2.38. The lowest BCUT2D eigenvalue weighted by Gasteiger charge is -2.16. The van der Waals surface area contributed by atoms with Crippen molar-refractivity contribution < 1.29 is 33.0 Å². The molecule has 0 saturated heterocycles. The minimum Gasteiger partial charge on any atom is -0.396 e. The Kier molecular flexibility index (Phi) is 10.9. The SMILES string of the molecule is O=C(CNCCCO)Nc1cc(C(F)(F)F)cc(NC(=O)CNCCCO)c1Cl. The summed E-state index contributed by atoms with van der Waals surface area (Å²) in [7, 11) is 0. The third-order valence-corrected chi connectivity index (χ3v) is 3.95. The van der Waals surface area contributed by atoms with Crippen LogP contribution in [0.5, 0.6) is 0 Å². The molecule has 0 atom stereocenters. The zero-order valence-electron chi connectivity index (χ0n) is 15.5. The third kappa shape index (κ3) is 9.41. The lowest BCUT2D eigenvalue weighted by molar-refractivity contribution is -0.137. The van der Waals surface area contributed by atoms with Gasteiger partial charge in [-0.3, -0.25) is 9.59 Å². The van der Waals surface area contributed by atoms with Gasteiger partial charge in [-0.25, -0.2) is 0 Å². The molecule has 8 nitrogen and oxygen atoms in total. The molecule has 0 aliphatic carbocycles. The number of carbonyl (C=O) groups is 2. The number of alkyl halides is 3. The Balaban J connectivity index is 2.91. The minimum atomic E-state index is -4.72. The summed E-state index contributed by atoms with van der Waals surface area (Å²) < 4.78 is 39.6. The molecule has 1 aromatic rings. The summed E-state index contributed by atoms with van der Waals surface area (Å²) in [4.78, 5) is 23.9. The molecule has 2 amide bonds. The van der Waals surface area contributed by atoms with E-state index in [0.29, 0.717) is 38.1 Å². The van der Waals surface area contributed by atoms with E-state index < -0.39 is 23.6 Å². The average Bonchev–Trinajstić information content (AvgIpc) is 2.64. The van der Waals surface area contributed by atoms with Gasteiger partial charge in [-0.2, -0.15) is 13.2 Å². The van der Waals surface area contributed by atoms with Gasteiger partial charge in [-0.1, -0.05) is 11.6 Å². The number of hydrogen-bond donors (Lipinski definition) is 6. The topological polar surface area (TPSA) is 123 Å². The van der Waals surface area contributed by atoms with Crippen LogP contribution in [0.3, 0.4) is 0 Å². The van der Waals surface area contributed by atoms with Crippen molar-refractivity contribution in [1.29, 1.82) is 0 Å². The number of hydrogen-bond acceptors (Lipinski definition) is 6. The van der Waals surface area contributed by atoms with Crippen LogP contribution in [0.1, 0.15) is 18.4 Å². The number of anilines is 2. The molecule has 0 unspecified atom stereocenters. The zero-order valence-corrected chi connectivity index (χ0v) is 16.3. The highest BCUT2D eigenvalue weighted by Gasteiger charge is 2.32. The minimum absolute atomic E-state index is 0.0635. The molecule has 0 heterocycles. The number of aliphatic hydroxyl groups is 2. The molecule has 0 saturated carbocycles. The molecule has 0 bridgehead atoms. The van der Waals surface area contributed by atoms with Gasteiger partial charge >= 0.3 is 6.18 Å². The number of rotatable bonds is 12. The highest BCUT2D eigenvalue weighted by molar-refractivity contribution is 6.37. The fourth-order valence-electron chi connectivity index (χ4n) is 2.17. The van der Waals surface area contributed by atoms with E-state index in [9.17, 15) is 22.8 Å². The summed E-state index contributed by atoms with van der Waals surface area (Å²) in [6, 6.07) is 1.37. The first-order valence-corrected chi connectivity index (χ1v) is 9.20. The van der Waals surface area contributed by atoms with Gasteiger partial charge in [0.25, 0.3) is 0 Å². The quantitative estimate of drug-likeness (QED) is 0.271. The van der Waals surface area contributed by atoms with Gasteiger partial charge in [0.2, 0.25) is 11.8 Å². The van der Waals surface area contributed by atoms with E-state index in [1.54, 1.807) is 0 Å². The fraction of sp³-hybridized carbons (Fsp3) is 0.529. The normalized spacial score (nSPS) is 11.4. The zero-order chi connectivity index (χ0) is 21.9. The standard InChI is InChI=1S/C17H24ClF3N4O4/c18-16-12(24-14(28)9-22-3-1-5-26)7-11(17(19,20)21)8-13(16)25-15(29)10-23-4-2-6-27/h7-8,22-23,26-27H,1-6,9-10H2,(H,24,28)(H,25,29). The lowest BCUT2D eigenvalue weighted by Crippen LogP contribution is -2.30. The van der Waals surface area contributed by atoms with Crippen molar-refractivity contribution in [1.82, 2.24) is 10.6 Å². The molecule has 0 aromatic heterocycles. The van der Waals surface area contributed by atoms with Gasteiger partial charge in [0.15, 0.2) is 0 Å². The van der Waals surface area contributed by atoms with E-state index in [4.69, 9.17) is 21.8 Å².